The van der Waals surface area contributed by atoms with Gasteiger partial charge in [0.15, 0.2) is 5.69 Å². The molecule has 1 aromatic heterocycles. The van der Waals surface area contributed by atoms with Crippen molar-refractivity contribution in [1.29, 1.82) is 0 Å². The number of fused-ring (bicyclic) bond motifs is 1. The van der Waals surface area contributed by atoms with Crippen LogP contribution >= 0.6 is 0 Å². The van der Waals surface area contributed by atoms with Gasteiger partial charge >= 0.3 is 5.97 Å². The van der Waals surface area contributed by atoms with Gasteiger partial charge in [0.2, 0.25) is 0 Å². The predicted octanol–water partition coefficient (Wildman–Crippen LogP) is 2.28. The summed E-state index contributed by atoms with van der Waals surface area (Å²) in [6.07, 6.45) is 4.59. The molecular weight excluding hydrogens is 270 g/mol. The first kappa shape index (κ1) is 13.4. The van der Waals surface area contributed by atoms with E-state index in [0.717, 1.165) is 18.6 Å². The lowest BCUT2D eigenvalue weighted by Gasteiger charge is -2.15. The molecule has 0 spiro atoms. The summed E-state index contributed by atoms with van der Waals surface area (Å²) in [7, 11) is 1.67. The number of aromatic nitrogens is 2. The molecule has 108 valence electrons. The summed E-state index contributed by atoms with van der Waals surface area (Å²) in [5.41, 5.74) is 2.35. The molecule has 0 saturated heterocycles. The standard InChI is InChI=1S/C15H15N3O3/c1-21-13-4-2-3-9-10(13)5-6-11(9)18-14-8-16-12(7-17-14)15(19)20/h2-4,7-8,11H,5-6H2,1H3,(H,17,18)(H,19,20). The van der Waals surface area contributed by atoms with Crippen LogP contribution in [0.3, 0.4) is 0 Å². The zero-order valence-corrected chi connectivity index (χ0v) is 11.5. The van der Waals surface area contributed by atoms with Gasteiger partial charge in [0.25, 0.3) is 0 Å². The summed E-state index contributed by atoms with van der Waals surface area (Å²) in [6.45, 7) is 0. The van der Waals surface area contributed by atoms with Crippen molar-refractivity contribution in [3.63, 3.8) is 0 Å². The number of methoxy groups -OCH3 is 1. The zero-order chi connectivity index (χ0) is 14.8. The molecule has 0 fully saturated rings. The molecule has 1 aliphatic carbocycles. The molecule has 1 unspecified atom stereocenters. The Kier molecular flexibility index (Phi) is 3.43. The molecule has 6 nitrogen and oxygen atoms in total. The Morgan fingerprint density at radius 3 is 2.90 bits per heavy atom. The molecule has 6 heteroatoms. The number of nitrogens with one attached hydrogen (secondary N) is 1. The highest BCUT2D eigenvalue weighted by atomic mass is 16.5. The van der Waals surface area contributed by atoms with Crippen LogP contribution in [0.15, 0.2) is 30.6 Å². The molecule has 2 aromatic rings. The van der Waals surface area contributed by atoms with Crippen LogP contribution in [0.5, 0.6) is 5.75 Å². The summed E-state index contributed by atoms with van der Waals surface area (Å²) in [5.74, 6) is 0.398. The Morgan fingerprint density at radius 2 is 2.24 bits per heavy atom. The third kappa shape index (κ3) is 2.52. The highest BCUT2D eigenvalue weighted by Crippen LogP contribution is 2.38. The Bertz CT molecular complexity index is 670. The van der Waals surface area contributed by atoms with Crippen molar-refractivity contribution in [2.75, 3.05) is 12.4 Å². The van der Waals surface area contributed by atoms with Gasteiger partial charge in [-0.25, -0.2) is 14.8 Å². The summed E-state index contributed by atoms with van der Waals surface area (Å²) in [4.78, 5) is 18.7. The van der Waals surface area contributed by atoms with Crippen molar-refractivity contribution in [2.24, 2.45) is 0 Å². The maximum Gasteiger partial charge on any atom is 0.356 e. The van der Waals surface area contributed by atoms with Gasteiger partial charge in [-0.2, -0.15) is 0 Å². The predicted molar refractivity (Wildman–Crippen MR) is 76.7 cm³/mol. The Labute approximate surface area is 121 Å². The fourth-order valence-electron chi connectivity index (χ4n) is 2.65. The highest BCUT2D eigenvalue weighted by molar-refractivity contribution is 5.84. The van der Waals surface area contributed by atoms with Crippen molar-refractivity contribution < 1.29 is 14.6 Å². The molecule has 21 heavy (non-hydrogen) atoms. The van der Waals surface area contributed by atoms with Crippen molar-refractivity contribution in [3.05, 3.63) is 47.4 Å². The van der Waals surface area contributed by atoms with E-state index >= 15 is 0 Å². The van der Waals surface area contributed by atoms with Crippen LogP contribution in [0.2, 0.25) is 0 Å². The van der Waals surface area contributed by atoms with Gasteiger partial charge in [0, 0.05) is 0 Å². The number of benzene rings is 1. The van der Waals surface area contributed by atoms with Crippen molar-refractivity contribution >= 4 is 11.8 Å². The quantitative estimate of drug-likeness (QED) is 0.896. The van der Waals surface area contributed by atoms with Crippen molar-refractivity contribution in [3.8, 4) is 5.75 Å². The van der Waals surface area contributed by atoms with Gasteiger partial charge in [-0.05, 0) is 30.0 Å². The lowest BCUT2D eigenvalue weighted by Crippen LogP contribution is -2.10. The van der Waals surface area contributed by atoms with Crippen molar-refractivity contribution in [2.45, 2.75) is 18.9 Å². The molecule has 3 rings (SSSR count). The number of hydrogen-bond acceptors (Lipinski definition) is 5. The first-order valence-electron chi connectivity index (χ1n) is 6.66. The molecule has 1 heterocycles. The van der Waals surface area contributed by atoms with Crippen LogP contribution in [0.1, 0.15) is 34.1 Å². The van der Waals surface area contributed by atoms with Crippen LogP contribution in [0.25, 0.3) is 0 Å². The number of carbonyl (C=O) groups is 1. The van der Waals surface area contributed by atoms with Crippen LogP contribution in [-0.2, 0) is 6.42 Å². The van der Waals surface area contributed by atoms with Crippen LogP contribution in [-0.4, -0.2) is 28.2 Å². The van der Waals surface area contributed by atoms with E-state index in [1.165, 1.54) is 23.5 Å². The van der Waals surface area contributed by atoms with Crippen molar-refractivity contribution in [1.82, 2.24) is 9.97 Å². The first-order chi connectivity index (χ1) is 10.2. The highest BCUT2D eigenvalue weighted by Gasteiger charge is 2.25. The normalized spacial score (nSPS) is 16.3. The van der Waals surface area contributed by atoms with E-state index < -0.39 is 5.97 Å². The smallest absolute Gasteiger partial charge is 0.356 e. The Morgan fingerprint density at radius 1 is 1.38 bits per heavy atom. The second-order valence-corrected chi connectivity index (χ2v) is 4.86. The lowest BCUT2D eigenvalue weighted by atomic mass is 10.1. The number of aromatic carboxylic acids is 1. The van der Waals surface area contributed by atoms with Gasteiger partial charge < -0.3 is 15.2 Å². The van der Waals surface area contributed by atoms with E-state index in [4.69, 9.17) is 9.84 Å². The molecule has 1 aromatic carbocycles. The maximum atomic E-state index is 10.8. The minimum absolute atomic E-state index is 0.0611. The minimum Gasteiger partial charge on any atom is -0.496 e. The molecular formula is C15H15N3O3. The van der Waals surface area contributed by atoms with Crippen LogP contribution in [0, 0.1) is 0 Å². The topological polar surface area (TPSA) is 84.3 Å². The minimum atomic E-state index is -1.08. The Balaban J connectivity index is 1.80. The summed E-state index contributed by atoms with van der Waals surface area (Å²) in [6, 6.07) is 6.14. The number of carboxylic acids is 1. The van der Waals surface area contributed by atoms with E-state index in [0.29, 0.717) is 5.82 Å². The van der Waals surface area contributed by atoms with E-state index in [1.54, 1.807) is 7.11 Å². The van der Waals surface area contributed by atoms with Gasteiger partial charge in [-0.15, -0.1) is 0 Å². The van der Waals surface area contributed by atoms with E-state index in [9.17, 15) is 4.79 Å². The average Bonchev–Trinajstić information content (AvgIpc) is 2.91. The molecule has 0 saturated carbocycles. The molecule has 0 radical (unpaired) electrons. The third-order valence-electron chi connectivity index (χ3n) is 3.64. The molecule has 2 N–H and O–H groups in total. The fourth-order valence-corrected chi connectivity index (χ4v) is 2.65. The molecule has 1 aliphatic rings. The molecule has 0 amide bonds. The maximum absolute atomic E-state index is 10.8. The SMILES string of the molecule is COc1cccc2c1CCC2Nc1cnc(C(=O)O)cn1. The molecule has 0 aliphatic heterocycles. The van der Waals surface area contributed by atoms with Gasteiger partial charge in [0.1, 0.15) is 11.6 Å². The van der Waals surface area contributed by atoms with E-state index in [-0.39, 0.29) is 11.7 Å². The van der Waals surface area contributed by atoms with Crippen LogP contribution in [0.4, 0.5) is 5.82 Å². The number of hydrogen-bond donors (Lipinski definition) is 2. The number of ether oxygens (including phenoxy) is 1. The van der Waals surface area contributed by atoms with E-state index in [2.05, 4.69) is 21.4 Å². The summed E-state index contributed by atoms with van der Waals surface area (Å²) >= 11 is 0. The second-order valence-electron chi connectivity index (χ2n) is 4.86. The number of rotatable bonds is 4. The Hall–Kier alpha value is -2.63. The molecule has 1 atom stereocenters. The average molecular weight is 285 g/mol. The third-order valence-corrected chi connectivity index (χ3v) is 3.64. The summed E-state index contributed by atoms with van der Waals surface area (Å²) in [5, 5.41) is 12.1. The number of nitrogens with zero attached hydrogens (tertiary/aromatic N) is 2. The zero-order valence-electron chi connectivity index (χ0n) is 11.5. The number of anilines is 1. The lowest BCUT2D eigenvalue weighted by molar-refractivity contribution is 0.0690. The first-order valence-corrected chi connectivity index (χ1v) is 6.66. The monoisotopic (exact) mass is 285 g/mol. The summed E-state index contributed by atoms with van der Waals surface area (Å²) < 4.78 is 5.38. The fraction of sp³-hybridized carbons (Fsp3) is 0.267. The second kappa shape index (κ2) is 5.40. The largest absolute Gasteiger partial charge is 0.496 e. The number of carboxylic acid groups (broad SMARTS) is 1. The van der Waals surface area contributed by atoms with Gasteiger partial charge in [0.05, 0.1) is 25.5 Å². The van der Waals surface area contributed by atoms with Crippen LogP contribution < -0.4 is 10.1 Å². The van der Waals surface area contributed by atoms with E-state index in [1.807, 2.05) is 12.1 Å². The van der Waals surface area contributed by atoms with Gasteiger partial charge in [-0.3, -0.25) is 0 Å². The van der Waals surface area contributed by atoms with Gasteiger partial charge in [-0.1, -0.05) is 12.1 Å². The molecule has 0 bridgehead atoms.